The molecule has 1 rings (SSSR count). The Morgan fingerprint density at radius 2 is 1.91 bits per heavy atom. The molecule has 0 radical (unpaired) electrons. The first kappa shape index (κ1) is 7.17. The molecule has 0 aromatic heterocycles. The van der Waals surface area contributed by atoms with Crippen molar-refractivity contribution >= 4 is 11.6 Å². The fraction of sp³-hybridized carbons (Fsp3) is 0.400. The molecule has 0 heterocycles. The van der Waals surface area contributed by atoms with Gasteiger partial charge in [-0.3, -0.25) is 0 Å². The van der Waals surface area contributed by atoms with Crippen molar-refractivity contribution in [1.82, 2.24) is 0 Å². The average molecular weight is 170 g/mol. The predicted molar refractivity (Wildman–Crippen MR) is 50.2 cm³/mol. The largest absolute Gasteiger partial charge is 0.0843 e. The molecule has 0 nitrogen and oxygen atoms in total. The molecule has 1 aromatic carbocycles. The van der Waals surface area contributed by atoms with Gasteiger partial charge in [-0.15, -0.1) is 0 Å². The topological polar surface area (TPSA) is 0 Å². The molecule has 11 heavy (non-hydrogen) atoms. The Hall–Kier alpha value is -0.490. The lowest BCUT2D eigenvalue weighted by molar-refractivity contribution is 0.590. The molecule has 0 unspecified atom stereocenters. The molecule has 0 aliphatic carbocycles. The minimum Gasteiger partial charge on any atom is -0.0843 e. The van der Waals surface area contributed by atoms with Crippen molar-refractivity contribution < 1.29 is 1.37 Å². The summed E-state index contributed by atoms with van der Waals surface area (Å²) in [5.41, 5.74) is 1.25. The van der Waals surface area contributed by atoms with Gasteiger partial charge in [-0.1, -0.05) is 44.5 Å². The first-order valence-electron chi connectivity index (χ1n) is 4.18. The maximum absolute atomic E-state index is 7.51. The van der Waals surface area contributed by atoms with E-state index in [1.165, 1.54) is 0 Å². The second kappa shape index (κ2) is 2.86. The maximum Gasteiger partial charge on any atom is 0.0639 e. The van der Waals surface area contributed by atoms with E-state index in [2.05, 4.69) is 20.8 Å². The van der Waals surface area contributed by atoms with Gasteiger partial charge >= 0.3 is 0 Å². The minimum atomic E-state index is 0.0976. The number of halogens is 1. The van der Waals surface area contributed by atoms with Crippen LogP contribution in [-0.2, 0) is 5.41 Å². The van der Waals surface area contributed by atoms with E-state index in [0.717, 1.165) is 5.56 Å². The standard InChI is InChI=1S/C10H13Cl/c1-10(2,3)8-4-6-9(11)7-5-8/h4-7H,1-3H3/i6D. The Morgan fingerprint density at radius 1 is 1.27 bits per heavy atom. The van der Waals surface area contributed by atoms with E-state index >= 15 is 0 Å². The van der Waals surface area contributed by atoms with E-state index < -0.39 is 0 Å². The lowest BCUT2D eigenvalue weighted by Crippen LogP contribution is -2.10. The van der Waals surface area contributed by atoms with Gasteiger partial charge in [-0.2, -0.15) is 0 Å². The Bertz CT molecular complexity index is 286. The van der Waals surface area contributed by atoms with Crippen LogP contribution in [0.4, 0.5) is 0 Å². The molecule has 1 heteroatoms. The summed E-state index contributed by atoms with van der Waals surface area (Å²) < 4.78 is 7.51. The molecule has 60 valence electrons. The summed E-state index contributed by atoms with van der Waals surface area (Å²) in [6.07, 6.45) is 0. The van der Waals surface area contributed by atoms with E-state index in [1.54, 1.807) is 6.07 Å². The van der Waals surface area contributed by atoms with Gasteiger partial charge in [-0.05, 0) is 23.1 Å². The third kappa shape index (κ3) is 2.23. The third-order valence-electron chi connectivity index (χ3n) is 1.64. The summed E-state index contributed by atoms with van der Waals surface area (Å²) in [6, 6.07) is 5.98. The number of benzene rings is 1. The van der Waals surface area contributed by atoms with Crippen molar-refractivity contribution in [3.63, 3.8) is 0 Å². The fourth-order valence-corrected chi connectivity index (χ4v) is 0.990. The van der Waals surface area contributed by atoms with Crippen molar-refractivity contribution in [3.8, 4) is 0 Å². The van der Waals surface area contributed by atoms with Crippen LogP contribution in [-0.4, -0.2) is 0 Å². The van der Waals surface area contributed by atoms with Gasteiger partial charge in [0.05, 0.1) is 1.37 Å². The monoisotopic (exact) mass is 169 g/mol. The van der Waals surface area contributed by atoms with Crippen molar-refractivity contribution in [2.24, 2.45) is 0 Å². The molecule has 0 aliphatic rings. The molecule has 0 spiro atoms. The molecule has 0 amide bonds. The van der Waals surface area contributed by atoms with Crippen LogP contribution >= 0.6 is 11.6 Å². The lowest BCUT2D eigenvalue weighted by atomic mass is 9.87. The smallest absolute Gasteiger partial charge is 0.0639 e. The molecule has 0 fully saturated rings. The van der Waals surface area contributed by atoms with Gasteiger partial charge in [0.25, 0.3) is 0 Å². The molecule has 0 bridgehead atoms. The Balaban J connectivity index is 3.14. The van der Waals surface area contributed by atoms with Gasteiger partial charge in [0.15, 0.2) is 0 Å². The fourth-order valence-electron chi connectivity index (χ4n) is 0.872. The zero-order valence-electron chi connectivity index (χ0n) is 8.11. The van der Waals surface area contributed by atoms with Crippen LogP contribution in [0.2, 0.25) is 5.02 Å². The highest BCUT2D eigenvalue weighted by Gasteiger charge is 2.12. The van der Waals surface area contributed by atoms with E-state index in [4.69, 9.17) is 13.0 Å². The zero-order valence-corrected chi connectivity index (χ0v) is 7.87. The first-order chi connectivity index (χ1) is 5.41. The average Bonchev–Trinajstić information content (AvgIpc) is 1.92. The normalized spacial score (nSPS) is 12.9. The summed E-state index contributed by atoms with van der Waals surface area (Å²) in [7, 11) is 0. The second-order valence-corrected chi connectivity index (χ2v) is 4.08. The van der Waals surface area contributed by atoms with Crippen molar-refractivity contribution in [2.45, 2.75) is 26.2 Å². The predicted octanol–water partition coefficient (Wildman–Crippen LogP) is 3.64. The third-order valence-corrected chi connectivity index (χ3v) is 1.88. The molecular formula is C10H13Cl. The molecule has 0 atom stereocenters. The first-order valence-corrected chi connectivity index (χ1v) is 4.05. The van der Waals surface area contributed by atoms with Gasteiger partial charge in [0.1, 0.15) is 0 Å². The van der Waals surface area contributed by atoms with Crippen LogP contribution in [0.3, 0.4) is 0 Å². The Morgan fingerprint density at radius 3 is 2.36 bits per heavy atom. The quantitative estimate of drug-likeness (QED) is 0.557. The molecule has 1 aromatic rings. The van der Waals surface area contributed by atoms with Crippen LogP contribution in [0.25, 0.3) is 0 Å². The highest BCUT2D eigenvalue weighted by molar-refractivity contribution is 6.30. The van der Waals surface area contributed by atoms with Crippen molar-refractivity contribution in [1.29, 1.82) is 0 Å². The van der Waals surface area contributed by atoms with Gasteiger partial charge < -0.3 is 0 Å². The lowest BCUT2D eigenvalue weighted by Gasteiger charge is -2.18. The highest BCUT2D eigenvalue weighted by atomic mass is 35.5. The van der Waals surface area contributed by atoms with Crippen LogP contribution in [0.5, 0.6) is 0 Å². The summed E-state index contributed by atoms with van der Waals surface area (Å²) >= 11 is 5.74. The molecule has 0 saturated heterocycles. The van der Waals surface area contributed by atoms with Gasteiger partial charge in [-0.25, -0.2) is 0 Å². The van der Waals surface area contributed by atoms with E-state index in [9.17, 15) is 0 Å². The molecule has 0 N–H and O–H groups in total. The van der Waals surface area contributed by atoms with Crippen LogP contribution in [0.15, 0.2) is 24.2 Å². The second-order valence-electron chi connectivity index (χ2n) is 3.68. The van der Waals surface area contributed by atoms with E-state index in [1.807, 2.05) is 12.1 Å². The summed E-state index contributed by atoms with van der Waals surface area (Å²) in [5.74, 6) is 0. The molecule has 0 saturated carbocycles. The van der Waals surface area contributed by atoms with Gasteiger partial charge in [0, 0.05) is 5.02 Å². The number of hydrogen-bond donors (Lipinski definition) is 0. The highest BCUT2D eigenvalue weighted by Crippen LogP contribution is 2.23. The van der Waals surface area contributed by atoms with Crippen LogP contribution in [0, 0.1) is 0 Å². The minimum absolute atomic E-state index is 0.0976. The maximum atomic E-state index is 7.51. The van der Waals surface area contributed by atoms with Crippen molar-refractivity contribution in [2.75, 3.05) is 0 Å². The van der Waals surface area contributed by atoms with Crippen LogP contribution in [0.1, 0.15) is 27.7 Å². The zero-order chi connectivity index (χ0) is 9.35. The molecule has 0 aliphatic heterocycles. The summed E-state index contributed by atoms with van der Waals surface area (Å²) in [4.78, 5) is 0. The number of hydrogen-bond acceptors (Lipinski definition) is 0. The Kier molecular flexibility index (Phi) is 1.87. The summed E-state index contributed by atoms with van der Waals surface area (Å²) in [6.45, 7) is 6.36. The van der Waals surface area contributed by atoms with Gasteiger partial charge in [0.2, 0.25) is 0 Å². The number of rotatable bonds is 0. The van der Waals surface area contributed by atoms with E-state index in [0.29, 0.717) is 11.1 Å². The Labute approximate surface area is 74.6 Å². The SMILES string of the molecule is [2H]c1cc(C(C)(C)C)ccc1Cl. The summed E-state index contributed by atoms with van der Waals surface area (Å²) in [5, 5.41) is 0.517. The van der Waals surface area contributed by atoms with Crippen molar-refractivity contribution in [3.05, 3.63) is 34.8 Å². The van der Waals surface area contributed by atoms with E-state index in [-0.39, 0.29) is 5.41 Å². The van der Waals surface area contributed by atoms with Crippen LogP contribution < -0.4 is 0 Å². The molecular weight excluding hydrogens is 156 g/mol.